The summed E-state index contributed by atoms with van der Waals surface area (Å²) in [5.41, 5.74) is 2.96. The normalized spacial score (nSPS) is 12.2. The van der Waals surface area contributed by atoms with Gasteiger partial charge in [-0.1, -0.05) is 30.3 Å². The van der Waals surface area contributed by atoms with Crippen molar-refractivity contribution in [1.82, 2.24) is 25.1 Å². The van der Waals surface area contributed by atoms with Crippen LogP contribution in [-0.2, 0) is 13.2 Å². The van der Waals surface area contributed by atoms with Gasteiger partial charge in [0.05, 0.1) is 23.6 Å². The van der Waals surface area contributed by atoms with Crippen molar-refractivity contribution in [2.75, 3.05) is 0 Å². The van der Waals surface area contributed by atoms with E-state index in [4.69, 9.17) is 0 Å². The predicted octanol–water partition coefficient (Wildman–Crippen LogP) is 2.42. The summed E-state index contributed by atoms with van der Waals surface area (Å²) >= 11 is 0. The number of benzene rings is 2. The topological polar surface area (TPSA) is 95.8 Å². The van der Waals surface area contributed by atoms with Crippen LogP contribution >= 0.6 is 0 Å². The van der Waals surface area contributed by atoms with E-state index >= 15 is 0 Å². The molecule has 0 aliphatic heterocycles. The zero-order valence-electron chi connectivity index (χ0n) is 14.5. The van der Waals surface area contributed by atoms with Crippen molar-refractivity contribution in [2.24, 2.45) is 0 Å². The standard InChI is InChI=1S/C20H19N5O2/c26-13-19-22-16-8-7-15(11-17(16)23-19)20(27)24-18(12-25-10-4-9-21-25)14-5-2-1-3-6-14/h1-11,18,26H,12-13H2,(H,22,23)(H,24,27). The van der Waals surface area contributed by atoms with Crippen LogP contribution in [0, 0.1) is 0 Å². The molecule has 2 aromatic carbocycles. The number of aromatic nitrogens is 4. The Morgan fingerprint density at radius 1 is 1.19 bits per heavy atom. The molecule has 4 aromatic rings. The monoisotopic (exact) mass is 361 g/mol. The van der Waals surface area contributed by atoms with Gasteiger partial charge in [-0.25, -0.2) is 4.98 Å². The summed E-state index contributed by atoms with van der Waals surface area (Å²) in [5, 5.41) is 16.5. The number of carbonyl (C=O) groups excluding carboxylic acids is 1. The van der Waals surface area contributed by atoms with E-state index in [1.54, 1.807) is 29.1 Å². The number of amides is 1. The van der Waals surface area contributed by atoms with Gasteiger partial charge < -0.3 is 15.4 Å². The summed E-state index contributed by atoms with van der Waals surface area (Å²) in [6.45, 7) is 0.361. The smallest absolute Gasteiger partial charge is 0.251 e. The zero-order chi connectivity index (χ0) is 18.6. The first-order valence-electron chi connectivity index (χ1n) is 8.65. The average Bonchev–Trinajstić information content (AvgIpc) is 3.36. The van der Waals surface area contributed by atoms with Crippen molar-refractivity contribution in [1.29, 1.82) is 0 Å². The minimum Gasteiger partial charge on any atom is -0.388 e. The van der Waals surface area contributed by atoms with Crippen LogP contribution < -0.4 is 5.32 Å². The lowest BCUT2D eigenvalue weighted by Crippen LogP contribution is -2.31. The fourth-order valence-corrected chi connectivity index (χ4v) is 3.04. The molecule has 2 aromatic heterocycles. The number of H-pyrrole nitrogens is 1. The summed E-state index contributed by atoms with van der Waals surface area (Å²) in [7, 11) is 0. The zero-order valence-corrected chi connectivity index (χ0v) is 14.5. The number of carbonyl (C=O) groups is 1. The Bertz CT molecular complexity index is 1040. The summed E-state index contributed by atoms with van der Waals surface area (Å²) in [6, 6.07) is 16.7. The maximum atomic E-state index is 12.9. The van der Waals surface area contributed by atoms with E-state index in [1.165, 1.54) is 0 Å². The Labute approximate surface area is 155 Å². The second-order valence-corrected chi connectivity index (χ2v) is 6.24. The molecule has 0 radical (unpaired) electrons. The summed E-state index contributed by atoms with van der Waals surface area (Å²) < 4.78 is 1.80. The molecule has 3 N–H and O–H groups in total. The second-order valence-electron chi connectivity index (χ2n) is 6.24. The van der Waals surface area contributed by atoms with Crippen molar-refractivity contribution in [2.45, 2.75) is 19.2 Å². The Morgan fingerprint density at radius 2 is 2.04 bits per heavy atom. The van der Waals surface area contributed by atoms with Gasteiger partial charge in [0, 0.05) is 18.0 Å². The molecule has 0 bridgehead atoms. The molecule has 27 heavy (non-hydrogen) atoms. The molecule has 0 saturated carbocycles. The van der Waals surface area contributed by atoms with Gasteiger partial charge in [-0.15, -0.1) is 0 Å². The van der Waals surface area contributed by atoms with Crippen LogP contribution in [0.5, 0.6) is 0 Å². The molecular formula is C20H19N5O2. The van der Waals surface area contributed by atoms with Crippen LogP contribution in [0.15, 0.2) is 67.0 Å². The highest BCUT2D eigenvalue weighted by Crippen LogP contribution is 2.18. The molecule has 0 spiro atoms. The minimum atomic E-state index is -0.218. The maximum Gasteiger partial charge on any atom is 0.251 e. The number of aliphatic hydroxyl groups is 1. The molecule has 1 amide bonds. The van der Waals surface area contributed by atoms with Gasteiger partial charge in [-0.3, -0.25) is 9.48 Å². The van der Waals surface area contributed by atoms with E-state index in [0.29, 0.717) is 23.4 Å². The molecular weight excluding hydrogens is 342 g/mol. The van der Waals surface area contributed by atoms with Gasteiger partial charge in [0.25, 0.3) is 5.91 Å². The third-order valence-electron chi connectivity index (χ3n) is 4.38. The predicted molar refractivity (Wildman–Crippen MR) is 101 cm³/mol. The molecule has 4 rings (SSSR count). The Hall–Kier alpha value is -3.45. The summed E-state index contributed by atoms with van der Waals surface area (Å²) in [5.74, 6) is 0.293. The highest BCUT2D eigenvalue weighted by Gasteiger charge is 2.17. The second kappa shape index (κ2) is 7.43. The lowest BCUT2D eigenvalue weighted by Gasteiger charge is -2.19. The Balaban J connectivity index is 1.59. The van der Waals surface area contributed by atoms with Crippen molar-refractivity contribution in [3.05, 3.63) is 83.9 Å². The Morgan fingerprint density at radius 3 is 2.78 bits per heavy atom. The molecule has 0 aliphatic rings. The number of nitrogens with zero attached hydrogens (tertiary/aromatic N) is 3. The van der Waals surface area contributed by atoms with E-state index in [1.807, 2.05) is 42.6 Å². The number of hydrogen-bond acceptors (Lipinski definition) is 4. The van der Waals surface area contributed by atoms with Crippen molar-refractivity contribution < 1.29 is 9.90 Å². The molecule has 7 nitrogen and oxygen atoms in total. The van der Waals surface area contributed by atoms with Crippen LogP contribution in [0.3, 0.4) is 0 Å². The highest BCUT2D eigenvalue weighted by molar-refractivity contribution is 5.97. The Kier molecular flexibility index (Phi) is 4.67. The van der Waals surface area contributed by atoms with E-state index < -0.39 is 0 Å². The SMILES string of the molecule is O=C(NC(Cn1cccn1)c1ccccc1)c1ccc2nc(CO)[nH]c2c1. The number of nitrogens with one attached hydrogen (secondary N) is 2. The van der Waals surface area contributed by atoms with Crippen LogP contribution in [0.4, 0.5) is 0 Å². The molecule has 1 atom stereocenters. The van der Waals surface area contributed by atoms with E-state index in [0.717, 1.165) is 11.1 Å². The van der Waals surface area contributed by atoms with E-state index in [9.17, 15) is 9.90 Å². The molecule has 1 unspecified atom stereocenters. The van der Waals surface area contributed by atoms with Crippen molar-refractivity contribution in [3.63, 3.8) is 0 Å². The van der Waals surface area contributed by atoms with Crippen LogP contribution in [0.2, 0.25) is 0 Å². The molecule has 136 valence electrons. The van der Waals surface area contributed by atoms with Gasteiger partial charge in [0.2, 0.25) is 0 Å². The lowest BCUT2D eigenvalue weighted by atomic mass is 10.1. The molecule has 0 fully saturated rings. The van der Waals surface area contributed by atoms with Crippen molar-refractivity contribution >= 4 is 16.9 Å². The first-order chi connectivity index (χ1) is 13.2. The molecule has 0 saturated heterocycles. The quantitative estimate of drug-likeness (QED) is 0.491. The maximum absolute atomic E-state index is 12.9. The molecule has 2 heterocycles. The third-order valence-corrected chi connectivity index (χ3v) is 4.38. The fourth-order valence-electron chi connectivity index (χ4n) is 3.04. The van der Waals surface area contributed by atoms with Gasteiger partial charge in [0.1, 0.15) is 12.4 Å². The largest absolute Gasteiger partial charge is 0.388 e. The number of rotatable bonds is 6. The number of aromatic amines is 1. The van der Waals surface area contributed by atoms with Crippen LogP contribution in [-0.4, -0.2) is 30.8 Å². The number of aliphatic hydroxyl groups excluding tert-OH is 1. The van der Waals surface area contributed by atoms with Crippen LogP contribution in [0.25, 0.3) is 11.0 Å². The fraction of sp³-hybridized carbons (Fsp3) is 0.150. The van der Waals surface area contributed by atoms with Gasteiger partial charge in [0.15, 0.2) is 0 Å². The lowest BCUT2D eigenvalue weighted by molar-refractivity contribution is 0.0932. The molecule has 0 aliphatic carbocycles. The van der Waals surface area contributed by atoms with Gasteiger partial charge >= 0.3 is 0 Å². The summed E-state index contributed by atoms with van der Waals surface area (Å²) in [6.07, 6.45) is 3.59. The minimum absolute atomic E-state index is 0.170. The number of fused-ring (bicyclic) bond motifs is 1. The molecule has 7 heteroatoms. The number of hydrogen-bond donors (Lipinski definition) is 3. The third kappa shape index (κ3) is 3.73. The average molecular weight is 361 g/mol. The van der Waals surface area contributed by atoms with E-state index in [-0.39, 0.29) is 18.6 Å². The van der Waals surface area contributed by atoms with Gasteiger partial charge in [-0.2, -0.15) is 5.10 Å². The van der Waals surface area contributed by atoms with Gasteiger partial charge in [-0.05, 0) is 29.8 Å². The highest BCUT2D eigenvalue weighted by atomic mass is 16.3. The van der Waals surface area contributed by atoms with Crippen LogP contribution in [0.1, 0.15) is 27.8 Å². The number of imidazole rings is 1. The summed E-state index contributed by atoms with van der Waals surface area (Å²) in [4.78, 5) is 20.1. The van der Waals surface area contributed by atoms with E-state index in [2.05, 4.69) is 20.4 Å². The van der Waals surface area contributed by atoms with Crippen molar-refractivity contribution in [3.8, 4) is 0 Å². The first-order valence-corrected chi connectivity index (χ1v) is 8.65. The first kappa shape index (κ1) is 17.0.